The molecule has 0 aliphatic rings. The summed E-state index contributed by atoms with van der Waals surface area (Å²) in [5.41, 5.74) is 1.74. The Labute approximate surface area is 112 Å². The van der Waals surface area contributed by atoms with Crippen molar-refractivity contribution < 1.29 is 4.79 Å². The number of imidazole rings is 1. The molecule has 0 spiro atoms. The van der Waals surface area contributed by atoms with E-state index >= 15 is 0 Å². The number of hydrogen-bond donors (Lipinski definition) is 2. The van der Waals surface area contributed by atoms with Gasteiger partial charge in [-0.15, -0.1) is 0 Å². The van der Waals surface area contributed by atoms with E-state index in [1.54, 1.807) is 6.20 Å². The Morgan fingerprint density at radius 3 is 3.00 bits per heavy atom. The molecule has 0 saturated heterocycles. The number of rotatable bonds is 5. The minimum atomic E-state index is -0.0767. The largest absolute Gasteiger partial charge is 0.355 e. The SMILES string of the molecule is CCCNc1nccn1-c1cccc(NC(C)=O)c1. The first kappa shape index (κ1) is 13.1. The number of amides is 1. The van der Waals surface area contributed by atoms with Crippen LogP contribution >= 0.6 is 0 Å². The molecule has 0 bridgehead atoms. The molecular weight excluding hydrogens is 240 g/mol. The molecule has 100 valence electrons. The van der Waals surface area contributed by atoms with E-state index in [1.807, 2.05) is 35.0 Å². The van der Waals surface area contributed by atoms with Gasteiger partial charge in [0.15, 0.2) is 0 Å². The highest BCUT2D eigenvalue weighted by Crippen LogP contribution is 2.18. The van der Waals surface area contributed by atoms with Gasteiger partial charge in [0.25, 0.3) is 0 Å². The van der Waals surface area contributed by atoms with E-state index in [9.17, 15) is 4.79 Å². The maximum absolute atomic E-state index is 11.1. The molecule has 1 amide bonds. The predicted octanol–water partition coefficient (Wildman–Crippen LogP) is 2.65. The molecule has 0 atom stereocenters. The van der Waals surface area contributed by atoms with Crippen molar-refractivity contribution in [3.63, 3.8) is 0 Å². The Balaban J connectivity index is 2.26. The predicted molar refractivity (Wildman–Crippen MR) is 76.6 cm³/mol. The molecule has 5 nitrogen and oxygen atoms in total. The van der Waals surface area contributed by atoms with Crippen molar-refractivity contribution in [2.75, 3.05) is 17.2 Å². The van der Waals surface area contributed by atoms with E-state index in [0.717, 1.165) is 30.3 Å². The Kier molecular flexibility index (Phi) is 4.18. The highest BCUT2D eigenvalue weighted by molar-refractivity contribution is 5.88. The van der Waals surface area contributed by atoms with Crippen molar-refractivity contribution in [3.05, 3.63) is 36.7 Å². The summed E-state index contributed by atoms with van der Waals surface area (Å²) in [6, 6.07) is 7.66. The highest BCUT2D eigenvalue weighted by atomic mass is 16.1. The first-order valence-corrected chi connectivity index (χ1v) is 6.36. The van der Waals surface area contributed by atoms with Crippen molar-refractivity contribution in [3.8, 4) is 5.69 Å². The van der Waals surface area contributed by atoms with Gasteiger partial charge in [-0.2, -0.15) is 0 Å². The monoisotopic (exact) mass is 258 g/mol. The number of hydrogen-bond acceptors (Lipinski definition) is 3. The van der Waals surface area contributed by atoms with Crippen LogP contribution < -0.4 is 10.6 Å². The van der Waals surface area contributed by atoms with Crippen LogP contribution in [0.25, 0.3) is 5.69 Å². The third-order valence-corrected chi connectivity index (χ3v) is 2.62. The fourth-order valence-corrected chi connectivity index (χ4v) is 1.82. The molecule has 0 radical (unpaired) electrons. The molecule has 2 N–H and O–H groups in total. The van der Waals surface area contributed by atoms with E-state index < -0.39 is 0 Å². The van der Waals surface area contributed by atoms with Gasteiger partial charge >= 0.3 is 0 Å². The van der Waals surface area contributed by atoms with E-state index in [4.69, 9.17) is 0 Å². The molecule has 0 unspecified atom stereocenters. The lowest BCUT2D eigenvalue weighted by Crippen LogP contribution is -2.08. The van der Waals surface area contributed by atoms with Crippen molar-refractivity contribution in [2.24, 2.45) is 0 Å². The summed E-state index contributed by atoms with van der Waals surface area (Å²) in [5, 5.41) is 6.04. The van der Waals surface area contributed by atoms with Crippen molar-refractivity contribution in [1.82, 2.24) is 9.55 Å². The summed E-state index contributed by atoms with van der Waals surface area (Å²) in [6.07, 6.45) is 4.69. The molecule has 1 aromatic carbocycles. The van der Waals surface area contributed by atoms with Gasteiger partial charge in [0, 0.05) is 31.5 Å². The van der Waals surface area contributed by atoms with Crippen molar-refractivity contribution in [2.45, 2.75) is 20.3 Å². The second-order valence-corrected chi connectivity index (χ2v) is 4.28. The van der Waals surface area contributed by atoms with Gasteiger partial charge < -0.3 is 10.6 Å². The van der Waals surface area contributed by atoms with E-state index in [0.29, 0.717) is 0 Å². The van der Waals surface area contributed by atoms with E-state index in [-0.39, 0.29) is 5.91 Å². The first-order valence-electron chi connectivity index (χ1n) is 6.36. The Morgan fingerprint density at radius 1 is 1.42 bits per heavy atom. The lowest BCUT2D eigenvalue weighted by Gasteiger charge is -2.10. The maximum Gasteiger partial charge on any atom is 0.221 e. The number of carbonyl (C=O) groups is 1. The van der Waals surface area contributed by atoms with Crippen molar-refractivity contribution >= 4 is 17.5 Å². The van der Waals surface area contributed by atoms with Crippen LogP contribution in [0.4, 0.5) is 11.6 Å². The van der Waals surface area contributed by atoms with Crippen LogP contribution in [0.2, 0.25) is 0 Å². The van der Waals surface area contributed by atoms with Crippen LogP contribution in [0.5, 0.6) is 0 Å². The number of benzene rings is 1. The number of carbonyl (C=O) groups excluding carboxylic acids is 1. The molecule has 2 rings (SSSR count). The van der Waals surface area contributed by atoms with Gasteiger partial charge in [0.2, 0.25) is 11.9 Å². The normalized spacial score (nSPS) is 10.2. The fraction of sp³-hybridized carbons (Fsp3) is 0.286. The number of aromatic nitrogens is 2. The Hall–Kier alpha value is -2.30. The second-order valence-electron chi connectivity index (χ2n) is 4.28. The topological polar surface area (TPSA) is 59.0 Å². The van der Waals surface area contributed by atoms with Crippen LogP contribution in [-0.2, 0) is 4.79 Å². The van der Waals surface area contributed by atoms with Gasteiger partial charge in [-0.1, -0.05) is 13.0 Å². The Bertz CT molecular complexity index is 562. The maximum atomic E-state index is 11.1. The molecule has 19 heavy (non-hydrogen) atoms. The zero-order valence-electron chi connectivity index (χ0n) is 11.2. The third kappa shape index (κ3) is 3.34. The standard InChI is InChI=1S/C14H18N4O/c1-3-7-15-14-16-8-9-18(14)13-6-4-5-12(10-13)17-11(2)19/h4-6,8-10H,3,7H2,1-2H3,(H,15,16)(H,17,19). The quantitative estimate of drug-likeness (QED) is 0.866. The summed E-state index contributed by atoms with van der Waals surface area (Å²) < 4.78 is 1.96. The summed E-state index contributed by atoms with van der Waals surface area (Å²) in [6.45, 7) is 4.48. The van der Waals surface area contributed by atoms with Crippen LogP contribution in [-0.4, -0.2) is 22.0 Å². The van der Waals surface area contributed by atoms with Gasteiger partial charge in [0.1, 0.15) is 0 Å². The average molecular weight is 258 g/mol. The van der Waals surface area contributed by atoms with E-state index in [1.165, 1.54) is 6.92 Å². The fourth-order valence-electron chi connectivity index (χ4n) is 1.82. The van der Waals surface area contributed by atoms with Gasteiger partial charge in [-0.25, -0.2) is 4.98 Å². The first-order chi connectivity index (χ1) is 9.20. The van der Waals surface area contributed by atoms with Crippen LogP contribution in [0.15, 0.2) is 36.7 Å². The lowest BCUT2D eigenvalue weighted by molar-refractivity contribution is -0.114. The molecule has 0 aliphatic heterocycles. The second kappa shape index (κ2) is 6.04. The molecule has 0 saturated carbocycles. The molecule has 0 fully saturated rings. The summed E-state index contributed by atoms with van der Waals surface area (Å²) in [4.78, 5) is 15.4. The van der Waals surface area contributed by atoms with Gasteiger partial charge in [-0.3, -0.25) is 9.36 Å². The molecule has 0 aliphatic carbocycles. The summed E-state index contributed by atoms with van der Waals surface area (Å²) in [7, 11) is 0. The van der Waals surface area contributed by atoms with E-state index in [2.05, 4.69) is 22.5 Å². The van der Waals surface area contributed by atoms with Crippen LogP contribution in [0.1, 0.15) is 20.3 Å². The summed E-state index contributed by atoms with van der Waals surface area (Å²) in [5.74, 6) is 0.730. The van der Waals surface area contributed by atoms with Crippen LogP contribution in [0.3, 0.4) is 0 Å². The van der Waals surface area contributed by atoms with Gasteiger partial charge in [-0.05, 0) is 24.6 Å². The zero-order chi connectivity index (χ0) is 13.7. The number of anilines is 2. The Morgan fingerprint density at radius 2 is 2.26 bits per heavy atom. The zero-order valence-corrected chi connectivity index (χ0v) is 11.2. The highest BCUT2D eigenvalue weighted by Gasteiger charge is 2.05. The molecular formula is C14H18N4O. The minimum Gasteiger partial charge on any atom is -0.355 e. The van der Waals surface area contributed by atoms with Crippen LogP contribution in [0, 0.1) is 0 Å². The molecule has 5 heteroatoms. The average Bonchev–Trinajstić information content (AvgIpc) is 2.84. The lowest BCUT2D eigenvalue weighted by atomic mass is 10.2. The van der Waals surface area contributed by atoms with Gasteiger partial charge in [0.05, 0.1) is 5.69 Å². The molecule has 2 aromatic rings. The molecule has 1 aromatic heterocycles. The smallest absolute Gasteiger partial charge is 0.221 e. The minimum absolute atomic E-state index is 0.0767. The number of nitrogens with one attached hydrogen (secondary N) is 2. The summed E-state index contributed by atoms with van der Waals surface area (Å²) >= 11 is 0. The molecule has 1 heterocycles. The number of nitrogens with zero attached hydrogens (tertiary/aromatic N) is 2. The van der Waals surface area contributed by atoms with Crippen molar-refractivity contribution in [1.29, 1.82) is 0 Å². The third-order valence-electron chi connectivity index (χ3n) is 2.62.